The van der Waals surface area contributed by atoms with Gasteiger partial charge in [-0.3, -0.25) is 9.89 Å². The van der Waals surface area contributed by atoms with Crippen LogP contribution in [0.3, 0.4) is 0 Å². The van der Waals surface area contributed by atoms with Gasteiger partial charge in [-0.05, 0) is 75.6 Å². The quantitative estimate of drug-likeness (QED) is 0.714. The fraction of sp³-hybridized carbons (Fsp3) is 0.542. The highest BCUT2D eigenvalue weighted by Gasteiger charge is 2.29. The van der Waals surface area contributed by atoms with Crippen LogP contribution < -0.4 is 4.90 Å². The summed E-state index contributed by atoms with van der Waals surface area (Å²) in [6.45, 7) is 7.07. The summed E-state index contributed by atoms with van der Waals surface area (Å²) in [5, 5.41) is 8.19. The van der Waals surface area contributed by atoms with Gasteiger partial charge in [-0.2, -0.15) is 5.10 Å². The SMILES string of the molecule is CN1C(=O)CCc2c1ccc(-c1n[nH]cc1CC1CCN(C(=O)OC(C)(C)C)CC1)c2Cl. The topological polar surface area (TPSA) is 78.5 Å². The summed E-state index contributed by atoms with van der Waals surface area (Å²) >= 11 is 6.80. The van der Waals surface area contributed by atoms with Crippen LogP contribution in [0.4, 0.5) is 10.5 Å². The molecule has 2 aliphatic heterocycles. The van der Waals surface area contributed by atoms with Crippen molar-refractivity contribution in [3.63, 3.8) is 0 Å². The Morgan fingerprint density at radius 2 is 1.97 bits per heavy atom. The van der Waals surface area contributed by atoms with Gasteiger partial charge in [-0.1, -0.05) is 11.6 Å². The maximum atomic E-state index is 12.3. The molecule has 2 aliphatic rings. The number of halogens is 1. The first-order chi connectivity index (χ1) is 15.1. The van der Waals surface area contributed by atoms with Gasteiger partial charge in [0.05, 0.1) is 10.7 Å². The van der Waals surface area contributed by atoms with Crippen molar-refractivity contribution in [2.45, 2.75) is 58.5 Å². The van der Waals surface area contributed by atoms with Gasteiger partial charge in [-0.25, -0.2) is 4.79 Å². The molecule has 32 heavy (non-hydrogen) atoms. The van der Waals surface area contributed by atoms with Crippen LogP contribution in [-0.4, -0.2) is 52.8 Å². The fourth-order valence-electron chi connectivity index (χ4n) is 4.54. The van der Waals surface area contributed by atoms with Gasteiger partial charge in [0.1, 0.15) is 5.60 Å². The largest absolute Gasteiger partial charge is 0.444 e. The molecule has 2 aromatic rings. The summed E-state index contributed by atoms with van der Waals surface area (Å²) in [7, 11) is 1.79. The van der Waals surface area contributed by atoms with Crippen molar-refractivity contribution in [1.82, 2.24) is 15.1 Å². The van der Waals surface area contributed by atoms with E-state index in [0.717, 1.165) is 47.3 Å². The number of nitrogens with zero attached hydrogens (tertiary/aromatic N) is 3. The predicted molar refractivity (Wildman–Crippen MR) is 125 cm³/mol. The van der Waals surface area contributed by atoms with Gasteiger partial charge in [-0.15, -0.1) is 0 Å². The zero-order chi connectivity index (χ0) is 23.0. The molecule has 2 amide bonds. The zero-order valence-electron chi connectivity index (χ0n) is 19.2. The van der Waals surface area contributed by atoms with Crippen LogP contribution in [0.25, 0.3) is 11.3 Å². The second kappa shape index (κ2) is 8.77. The summed E-state index contributed by atoms with van der Waals surface area (Å²) in [6, 6.07) is 3.92. The second-order valence-corrected chi connectivity index (χ2v) is 10.1. The Balaban J connectivity index is 1.46. The molecule has 0 unspecified atom stereocenters. The third kappa shape index (κ3) is 4.63. The molecule has 0 bridgehead atoms. The van der Waals surface area contributed by atoms with E-state index in [1.807, 2.05) is 39.1 Å². The van der Waals surface area contributed by atoms with Gasteiger partial charge < -0.3 is 14.5 Å². The lowest BCUT2D eigenvalue weighted by atomic mass is 9.89. The number of amides is 2. The highest BCUT2D eigenvalue weighted by atomic mass is 35.5. The summed E-state index contributed by atoms with van der Waals surface area (Å²) in [5.74, 6) is 0.574. The molecule has 4 rings (SSSR count). The zero-order valence-corrected chi connectivity index (χ0v) is 20.0. The summed E-state index contributed by atoms with van der Waals surface area (Å²) in [6.07, 6.45) is 5.55. The molecule has 1 saturated heterocycles. The first kappa shape index (κ1) is 22.6. The predicted octanol–water partition coefficient (Wildman–Crippen LogP) is 4.83. The highest BCUT2D eigenvalue weighted by molar-refractivity contribution is 6.34. The van der Waals surface area contributed by atoms with E-state index in [2.05, 4.69) is 10.2 Å². The van der Waals surface area contributed by atoms with E-state index in [9.17, 15) is 9.59 Å². The number of rotatable bonds is 3. The van der Waals surface area contributed by atoms with Gasteiger partial charge >= 0.3 is 6.09 Å². The van der Waals surface area contributed by atoms with Gasteiger partial charge in [0.2, 0.25) is 5.91 Å². The van der Waals surface area contributed by atoms with E-state index in [1.54, 1.807) is 16.8 Å². The number of H-pyrrole nitrogens is 1. The molecule has 1 aromatic carbocycles. The maximum Gasteiger partial charge on any atom is 0.410 e. The number of aromatic amines is 1. The normalized spacial score (nSPS) is 17.5. The number of likely N-dealkylation sites (tertiary alicyclic amines) is 1. The fourth-order valence-corrected chi connectivity index (χ4v) is 4.88. The van der Waals surface area contributed by atoms with Crippen LogP contribution in [-0.2, 0) is 22.4 Å². The Labute approximate surface area is 194 Å². The summed E-state index contributed by atoms with van der Waals surface area (Å²) in [5.41, 5.74) is 4.30. The van der Waals surface area contributed by atoms with Gasteiger partial charge in [0.25, 0.3) is 0 Å². The molecule has 0 atom stereocenters. The molecular weight excluding hydrogens is 428 g/mol. The lowest BCUT2D eigenvalue weighted by molar-refractivity contribution is -0.118. The van der Waals surface area contributed by atoms with Crippen LogP contribution in [0.5, 0.6) is 0 Å². The average molecular weight is 459 g/mol. The average Bonchev–Trinajstić information content (AvgIpc) is 3.18. The lowest BCUT2D eigenvalue weighted by Gasteiger charge is -2.33. The molecule has 0 aliphatic carbocycles. The summed E-state index contributed by atoms with van der Waals surface area (Å²) in [4.78, 5) is 27.8. The van der Waals surface area contributed by atoms with Crippen LogP contribution in [0, 0.1) is 5.92 Å². The van der Waals surface area contributed by atoms with E-state index >= 15 is 0 Å². The van der Waals surface area contributed by atoms with Gasteiger partial charge in [0, 0.05) is 44.0 Å². The molecule has 7 nitrogen and oxygen atoms in total. The monoisotopic (exact) mass is 458 g/mol. The van der Waals surface area contributed by atoms with Gasteiger partial charge in [0.15, 0.2) is 0 Å². The number of nitrogens with one attached hydrogen (secondary N) is 1. The summed E-state index contributed by atoms with van der Waals surface area (Å²) < 4.78 is 5.50. The van der Waals surface area contributed by atoms with Crippen LogP contribution in [0.15, 0.2) is 18.3 Å². The molecular formula is C24H31ClN4O3. The van der Waals surface area contributed by atoms with Crippen molar-refractivity contribution in [2.24, 2.45) is 5.92 Å². The number of ether oxygens (including phenoxy) is 1. The number of fused-ring (bicyclic) bond motifs is 1. The number of anilines is 1. The van der Waals surface area contributed by atoms with E-state index in [-0.39, 0.29) is 12.0 Å². The minimum Gasteiger partial charge on any atom is -0.444 e. The number of carbonyl (C=O) groups is 2. The lowest BCUT2D eigenvalue weighted by Crippen LogP contribution is -2.42. The molecule has 172 valence electrons. The first-order valence-electron chi connectivity index (χ1n) is 11.2. The maximum absolute atomic E-state index is 12.3. The van der Waals surface area contributed by atoms with Crippen molar-refractivity contribution in [3.05, 3.63) is 34.5 Å². The van der Waals surface area contributed by atoms with Crippen LogP contribution >= 0.6 is 11.6 Å². The standard InChI is InChI=1S/C24H31ClN4O3/c1-24(2,3)32-23(31)29-11-9-15(10-12-29)13-16-14-26-27-22(16)18-5-7-19-17(21(18)25)6-8-20(30)28(19)4/h5,7,14-15H,6,8-13H2,1-4H3,(H,26,27). The van der Waals surface area contributed by atoms with E-state index in [0.29, 0.717) is 36.9 Å². The Bertz CT molecular complexity index is 1020. The molecule has 1 aromatic heterocycles. The molecule has 8 heteroatoms. The number of hydrogen-bond acceptors (Lipinski definition) is 4. The Morgan fingerprint density at radius 1 is 1.25 bits per heavy atom. The molecule has 0 saturated carbocycles. The smallest absolute Gasteiger partial charge is 0.410 e. The Hall–Kier alpha value is -2.54. The first-order valence-corrected chi connectivity index (χ1v) is 11.6. The van der Waals surface area contributed by atoms with Crippen molar-refractivity contribution in [2.75, 3.05) is 25.0 Å². The van der Waals surface area contributed by atoms with Crippen molar-refractivity contribution in [1.29, 1.82) is 0 Å². The number of aromatic nitrogens is 2. The van der Waals surface area contributed by atoms with E-state index in [4.69, 9.17) is 16.3 Å². The highest BCUT2D eigenvalue weighted by Crippen LogP contribution is 2.40. The Morgan fingerprint density at radius 3 is 2.66 bits per heavy atom. The van der Waals surface area contributed by atoms with E-state index in [1.165, 1.54) is 0 Å². The van der Waals surface area contributed by atoms with Crippen LogP contribution in [0.1, 0.15) is 51.2 Å². The third-order valence-corrected chi connectivity index (χ3v) is 6.72. The number of hydrogen-bond donors (Lipinski definition) is 1. The molecule has 0 radical (unpaired) electrons. The molecule has 1 fully saturated rings. The number of benzene rings is 1. The van der Waals surface area contributed by atoms with Crippen molar-refractivity contribution in [3.8, 4) is 11.3 Å². The third-order valence-electron chi connectivity index (χ3n) is 6.29. The van der Waals surface area contributed by atoms with E-state index < -0.39 is 5.60 Å². The number of carbonyl (C=O) groups excluding carboxylic acids is 2. The Kier molecular flexibility index (Phi) is 6.21. The minimum absolute atomic E-state index is 0.111. The van der Waals surface area contributed by atoms with Crippen LogP contribution in [0.2, 0.25) is 5.02 Å². The molecule has 1 N–H and O–H groups in total. The van der Waals surface area contributed by atoms with Crippen molar-refractivity contribution < 1.29 is 14.3 Å². The number of piperidine rings is 1. The minimum atomic E-state index is -0.476. The molecule has 0 spiro atoms. The molecule has 3 heterocycles. The van der Waals surface area contributed by atoms with Crippen molar-refractivity contribution >= 4 is 29.3 Å². The second-order valence-electron chi connectivity index (χ2n) is 9.75.